The van der Waals surface area contributed by atoms with Crippen LogP contribution >= 0.6 is 11.6 Å². The van der Waals surface area contributed by atoms with Crippen molar-refractivity contribution in [2.24, 2.45) is 7.05 Å². The van der Waals surface area contributed by atoms with Crippen LogP contribution in [0.2, 0.25) is 5.15 Å². The first-order valence-corrected chi connectivity index (χ1v) is 6.05. The minimum absolute atomic E-state index is 0.388. The molecule has 2 rings (SSSR count). The number of nitrogens with one attached hydrogen (secondary N) is 1. The first-order valence-electron chi connectivity index (χ1n) is 5.67. The first-order chi connectivity index (χ1) is 7.58. The maximum atomic E-state index is 9.88. The van der Waals surface area contributed by atoms with Gasteiger partial charge in [0.25, 0.3) is 0 Å². The number of aliphatic hydroxyl groups excluding tert-OH is 1. The maximum absolute atomic E-state index is 9.88. The number of aliphatic hydroxyl groups is 1. The zero-order valence-electron chi connectivity index (χ0n) is 9.70. The molecule has 1 unspecified atom stereocenters. The van der Waals surface area contributed by atoms with Gasteiger partial charge in [0.2, 0.25) is 0 Å². The highest BCUT2D eigenvalue weighted by molar-refractivity contribution is 6.30. The largest absolute Gasteiger partial charge is 0.391 e. The van der Waals surface area contributed by atoms with Crippen molar-refractivity contribution in [3.05, 3.63) is 16.4 Å². The van der Waals surface area contributed by atoms with E-state index in [4.69, 9.17) is 11.6 Å². The van der Waals surface area contributed by atoms with Gasteiger partial charge in [-0.05, 0) is 19.8 Å². The van der Waals surface area contributed by atoms with Crippen LogP contribution in [0.15, 0.2) is 0 Å². The summed E-state index contributed by atoms with van der Waals surface area (Å²) in [4.78, 5) is 0. The molecular weight excluding hydrogens is 226 g/mol. The van der Waals surface area contributed by atoms with Gasteiger partial charge in [-0.3, -0.25) is 4.68 Å². The van der Waals surface area contributed by atoms with Gasteiger partial charge in [-0.25, -0.2) is 0 Å². The Hall–Kier alpha value is -0.580. The summed E-state index contributed by atoms with van der Waals surface area (Å²) in [6.45, 7) is 2.55. The molecule has 90 valence electrons. The van der Waals surface area contributed by atoms with Gasteiger partial charge < -0.3 is 10.4 Å². The van der Waals surface area contributed by atoms with E-state index in [1.165, 1.54) is 12.8 Å². The van der Waals surface area contributed by atoms with E-state index < -0.39 is 0 Å². The number of halogens is 1. The summed E-state index contributed by atoms with van der Waals surface area (Å²) in [5.74, 6) is 0. The number of aromatic nitrogens is 2. The van der Waals surface area contributed by atoms with Crippen LogP contribution in [0.3, 0.4) is 0 Å². The van der Waals surface area contributed by atoms with Gasteiger partial charge in [0.15, 0.2) is 0 Å². The molecule has 1 aliphatic rings. The number of rotatable bonds is 5. The molecule has 1 atom stereocenters. The van der Waals surface area contributed by atoms with Gasteiger partial charge in [0.05, 0.1) is 11.8 Å². The summed E-state index contributed by atoms with van der Waals surface area (Å²) in [5, 5.41) is 18.0. The van der Waals surface area contributed by atoms with Crippen LogP contribution in [0, 0.1) is 6.92 Å². The molecule has 5 heteroatoms. The van der Waals surface area contributed by atoms with E-state index in [1.807, 2.05) is 14.0 Å². The van der Waals surface area contributed by atoms with Crippen molar-refractivity contribution < 1.29 is 5.11 Å². The second-order valence-electron chi connectivity index (χ2n) is 4.52. The molecule has 0 aromatic carbocycles. The average molecular weight is 244 g/mol. The molecular formula is C11H18ClN3O. The number of nitrogens with zero attached hydrogens (tertiary/aromatic N) is 2. The molecule has 0 radical (unpaired) electrons. The van der Waals surface area contributed by atoms with Crippen LogP contribution in [-0.4, -0.2) is 33.6 Å². The maximum Gasteiger partial charge on any atom is 0.130 e. The third-order valence-corrected chi connectivity index (χ3v) is 3.40. The van der Waals surface area contributed by atoms with Gasteiger partial charge in [-0.1, -0.05) is 11.6 Å². The fourth-order valence-corrected chi connectivity index (χ4v) is 2.06. The van der Waals surface area contributed by atoms with E-state index in [1.54, 1.807) is 4.68 Å². The Bertz CT molecular complexity index is 374. The standard InChI is InChI=1S/C11H18ClN3O/c1-7-10(11(12)15(2)14-7)5-9(16)6-13-8-3-4-8/h8-9,13,16H,3-6H2,1-2H3. The predicted octanol–water partition coefficient (Wildman–Crippen LogP) is 1.04. The number of hydrogen-bond acceptors (Lipinski definition) is 3. The lowest BCUT2D eigenvalue weighted by Gasteiger charge is -2.11. The highest BCUT2D eigenvalue weighted by atomic mass is 35.5. The normalized spacial score (nSPS) is 17.8. The van der Waals surface area contributed by atoms with E-state index in [-0.39, 0.29) is 6.10 Å². The van der Waals surface area contributed by atoms with E-state index in [9.17, 15) is 5.11 Å². The van der Waals surface area contributed by atoms with E-state index in [2.05, 4.69) is 10.4 Å². The Morgan fingerprint density at radius 1 is 1.62 bits per heavy atom. The lowest BCUT2D eigenvalue weighted by Crippen LogP contribution is -2.30. The first kappa shape index (κ1) is 11.9. The Labute approximate surface area is 101 Å². The second kappa shape index (κ2) is 4.73. The molecule has 1 aliphatic carbocycles. The third-order valence-electron chi connectivity index (χ3n) is 2.93. The van der Waals surface area contributed by atoms with Gasteiger partial charge in [-0.15, -0.1) is 0 Å². The average Bonchev–Trinajstić information content (AvgIpc) is 3.01. The molecule has 0 saturated heterocycles. The summed E-state index contributed by atoms with van der Waals surface area (Å²) in [5.41, 5.74) is 1.85. The van der Waals surface area contributed by atoms with Crippen LogP contribution < -0.4 is 5.32 Å². The van der Waals surface area contributed by atoms with Crippen molar-refractivity contribution >= 4 is 11.6 Å². The molecule has 0 aliphatic heterocycles. The van der Waals surface area contributed by atoms with Crippen molar-refractivity contribution in [2.75, 3.05) is 6.54 Å². The molecule has 1 heterocycles. The van der Waals surface area contributed by atoms with Crippen molar-refractivity contribution in [3.8, 4) is 0 Å². The molecule has 1 fully saturated rings. The molecule has 4 nitrogen and oxygen atoms in total. The number of hydrogen-bond donors (Lipinski definition) is 2. The Morgan fingerprint density at radius 2 is 2.31 bits per heavy atom. The molecule has 0 amide bonds. The quantitative estimate of drug-likeness (QED) is 0.813. The summed E-state index contributed by atoms with van der Waals surface area (Å²) >= 11 is 6.10. The predicted molar refractivity (Wildman–Crippen MR) is 63.7 cm³/mol. The molecule has 2 N–H and O–H groups in total. The van der Waals surface area contributed by atoms with Gasteiger partial charge in [0.1, 0.15) is 5.15 Å². The highest BCUT2D eigenvalue weighted by Gasteiger charge is 2.22. The van der Waals surface area contributed by atoms with Gasteiger partial charge >= 0.3 is 0 Å². The van der Waals surface area contributed by atoms with E-state index in [0.717, 1.165) is 11.3 Å². The Morgan fingerprint density at radius 3 is 2.81 bits per heavy atom. The minimum Gasteiger partial charge on any atom is -0.391 e. The van der Waals surface area contributed by atoms with E-state index >= 15 is 0 Å². The monoisotopic (exact) mass is 243 g/mol. The van der Waals surface area contributed by atoms with Crippen molar-refractivity contribution in [1.29, 1.82) is 0 Å². The van der Waals surface area contributed by atoms with Gasteiger partial charge in [-0.2, -0.15) is 5.10 Å². The lowest BCUT2D eigenvalue weighted by molar-refractivity contribution is 0.171. The zero-order valence-corrected chi connectivity index (χ0v) is 10.5. The molecule has 0 bridgehead atoms. The summed E-state index contributed by atoms with van der Waals surface area (Å²) in [6.07, 6.45) is 2.65. The van der Waals surface area contributed by atoms with Crippen LogP contribution in [0.5, 0.6) is 0 Å². The Balaban J connectivity index is 1.91. The van der Waals surface area contributed by atoms with Crippen LogP contribution in [0.4, 0.5) is 0 Å². The fraction of sp³-hybridized carbons (Fsp3) is 0.727. The SMILES string of the molecule is Cc1nn(C)c(Cl)c1CC(O)CNC1CC1. The van der Waals surface area contributed by atoms with Crippen LogP contribution in [0.25, 0.3) is 0 Å². The molecule has 1 aromatic heterocycles. The van der Waals surface area contributed by atoms with Gasteiger partial charge in [0, 0.05) is 31.6 Å². The number of aryl methyl sites for hydroxylation is 2. The van der Waals surface area contributed by atoms with Crippen molar-refractivity contribution in [1.82, 2.24) is 15.1 Å². The molecule has 1 aromatic rings. The van der Waals surface area contributed by atoms with E-state index in [0.29, 0.717) is 24.2 Å². The fourth-order valence-electron chi connectivity index (χ4n) is 1.80. The second-order valence-corrected chi connectivity index (χ2v) is 4.88. The summed E-state index contributed by atoms with van der Waals surface area (Å²) in [7, 11) is 1.81. The third kappa shape index (κ3) is 2.75. The minimum atomic E-state index is -0.388. The zero-order chi connectivity index (χ0) is 11.7. The highest BCUT2D eigenvalue weighted by Crippen LogP contribution is 2.21. The topological polar surface area (TPSA) is 50.1 Å². The Kier molecular flexibility index (Phi) is 3.52. The van der Waals surface area contributed by atoms with Crippen LogP contribution in [0.1, 0.15) is 24.1 Å². The molecule has 16 heavy (non-hydrogen) atoms. The van der Waals surface area contributed by atoms with Crippen LogP contribution in [-0.2, 0) is 13.5 Å². The summed E-state index contributed by atoms with van der Waals surface area (Å²) < 4.78 is 1.65. The molecule has 1 saturated carbocycles. The lowest BCUT2D eigenvalue weighted by atomic mass is 10.1. The van der Waals surface area contributed by atoms with Crippen molar-refractivity contribution in [3.63, 3.8) is 0 Å². The molecule has 0 spiro atoms. The smallest absolute Gasteiger partial charge is 0.130 e. The summed E-state index contributed by atoms with van der Waals surface area (Å²) in [6, 6.07) is 0.625. The van der Waals surface area contributed by atoms with Crippen molar-refractivity contribution in [2.45, 2.75) is 38.3 Å².